The van der Waals surface area contributed by atoms with Gasteiger partial charge in [-0.05, 0) is 18.6 Å². The largest absolute Gasteiger partial charge is 0.495 e. The third kappa shape index (κ3) is 2.86. The Labute approximate surface area is 122 Å². The second kappa shape index (κ2) is 6.31. The minimum absolute atomic E-state index is 0.346. The van der Waals surface area contributed by atoms with Crippen LogP contribution in [0.25, 0.3) is 4.98 Å². The van der Waals surface area contributed by atoms with Crippen molar-refractivity contribution in [3.63, 3.8) is 0 Å². The zero-order chi connectivity index (χ0) is 14.5. The van der Waals surface area contributed by atoms with Crippen molar-refractivity contribution in [1.29, 1.82) is 5.39 Å². The van der Waals surface area contributed by atoms with Crippen molar-refractivity contribution < 1.29 is 9.47 Å². The Morgan fingerprint density at radius 1 is 1.00 bits per heavy atom. The van der Waals surface area contributed by atoms with E-state index in [1.807, 2.05) is 18.2 Å². The molecule has 4 nitrogen and oxygen atoms in total. The van der Waals surface area contributed by atoms with Crippen molar-refractivity contribution in [2.24, 2.45) is 0 Å². The molecule has 0 bridgehead atoms. The number of benzene rings is 2. The molecule has 0 fully saturated rings. The van der Waals surface area contributed by atoms with E-state index in [-0.39, 0.29) is 0 Å². The highest BCUT2D eigenvalue weighted by Gasteiger charge is 2.20. The molecule has 2 aromatic carbocycles. The summed E-state index contributed by atoms with van der Waals surface area (Å²) in [5, 5.41) is 8.98. The lowest BCUT2D eigenvalue weighted by atomic mass is 10.2. The van der Waals surface area contributed by atoms with E-state index in [1.54, 1.807) is 32.0 Å². The Hall–Kier alpha value is -2.19. The first-order valence-corrected chi connectivity index (χ1v) is 6.86. The van der Waals surface area contributed by atoms with Crippen LogP contribution in [0.4, 0.5) is 5.69 Å². The smallest absolute Gasteiger partial charge is 0.430 e. The van der Waals surface area contributed by atoms with Gasteiger partial charge >= 0.3 is 5.69 Å². The standard InChI is InChI=1S/C15H15N2O2S/c1-10-6-4-5-7-14(10)20-15-9-12(18-2)11(17-16)8-13(15)19-3/h4-9H,1-3H3/q+1. The summed E-state index contributed by atoms with van der Waals surface area (Å²) in [7, 11) is 3.13. The van der Waals surface area contributed by atoms with Crippen LogP contribution in [-0.2, 0) is 0 Å². The minimum atomic E-state index is 0.346. The van der Waals surface area contributed by atoms with E-state index >= 15 is 0 Å². The van der Waals surface area contributed by atoms with E-state index < -0.39 is 0 Å². The fourth-order valence-electron chi connectivity index (χ4n) is 1.80. The lowest BCUT2D eigenvalue weighted by Gasteiger charge is -2.10. The third-order valence-electron chi connectivity index (χ3n) is 2.89. The molecule has 0 aliphatic rings. The van der Waals surface area contributed by atoms with E-state index in [2.05, 4.69) is 24.0 Å². The molecule has 0 unspecified atom stereocenters. The number of methoxy groups -OCH3 is 2. The normalized spacial score (nSPS) is 9.90. The summed E-state index contributed by atoms with van der Waals surface area (Å²) in [5.74, 6) is 1.15. The molecule has 0 spiro atoms. The average Bonchev–Trinajstić information content (AvgIpc) is 2.49. The van der Waals surface area contributed by atoms with Gasteiger partial charge in [0, 0.05) is 11.0 Å². The van der Waals surface area contributed by atoms with Crippen molar-refractivity contribution in [1.82, 2.24) is 0 Å². The van der Waals surface area contributed by atoms with E-state index in [1.165, 1.54) is 5.56 Å². The van der Waals surface area contributed by atoms with Crippen LogP contribution in [0.5, 0.6) is 11.5 Å². The van der Waals surface area contributed by atoms with Crippen molar-refractivity contribution in [2.75, 3.05) is 14.2 Å². The van der Waals surface area contributed by atoms with Gasteiger partial charge in [-0.2, -0.15) is 0 Å². The molecular weight excluding hydrogens is 272 g/mol. The van der Waals surface area contributed by atoms with Crippen molar-refractivity contribution in [3.8, 4) is 11.5 Å². The van der Waals surface area contributed by atoms with Crippen LogP contribution in [0.1, 0.15) is 5.56 Å². The molecule has 20 heavy (non-hydrogen) atoms. The summed E-state index contributed by atoms with van der Waals surface area (Å²) in [6, 6.07) is 11.6. The van der Waals surface area contributed by atoms with Gasteiger partial charge in [0.2, 0.25) is 11.1 Å². The highest BCUT2D eigenvalue weighted by atomic mass is 32.2. The maximum absolute atomic E-state index is 8.98. The van der Waals surface area contributed by atoms with Gasteiger partial charge in [-0.15, -0.1) is 0 Å². The van der Waals surface area contributed by atoms with E-state index in [0.29, 0.717) is 17.2 Å². The predicted molar refractivity (Wildman–Crippen MR) is 79.6 cm³/mol. The lowest BCUT2D eigenvalue weighted by Crippen LogP contribution is -1.90. The molecule has 0 saturated carbocycles. The second-order valence-electron chi connectivity index (χ2n) is 4.14. The molecule has 0 atom stereocenters. The zero-order valence-corrected chi connectivity index (χ0v) is 12.4. The van der Waals surface area contributed by atoms with Gasteiger partial charge in [0.1, 0.15) is 5.75 Å². The third-order valence-corrected chi connectivity index (χ3v) is 4.10. The van der Waals surface area contributed by atoms with E-state index in [4.69, 9.17) is 14.9 Å². The van der Waals surface area contributed by atoms with Gasteiger partial charge in [-0.25, -0.2) is 0 Å². The molecule has 0 radical (unpaired) electrons. The van der Waals surface area contributed by atoms with Gasteiger partial charge in [0.15, 0.2) is 4.98 Å². The van der Waals surface area contributed by atoms with Crippen molar-refractivity contribution in [2.45, 2.75) is 16.7 Å². The van der Waals surface area contributed by atoms with Gasteiger partial charge in [-0.3, -0.25) is 0 Å². The average molecular weight is 287 g/mol. The van der Waals surface area contributed by atoms with Gasteiger partial charge < -0.3 is 9.47 Å². The number of ether oxygens (including phenoxy) is 2. The Balaban J connectivity index is 2.46. The van der Waals surface area contributed by atoms with E-state index in [0.717, 1.165) is 9.79 Å². The van der Waals surface area contributed by atoms with Crippen LogP contribution >= 0.6 is 11.8 Å². The maximum atomic E-state index is 8.98. The fraction of sp³-hybridized carbons (Fsp3) is 0.200. The first kappa shape index (κ1) is 14.2. The number of rotatable bonds is 4. The number of hydrogen-bond acceptors (Lipinski definition) is 4. The number of diazo groups is 1. The summed E-state index contributed by atoms with van der Waals surface area (Å²) in [4.78, 5) is 5.25. The van der Waals surface area contributed by atoms with E-state index in [9.17, 15) is 0 Å². The van der Waals surface area contributed by atoms with Crippen LogP contribution in [0.3, 0.4) is 0 Å². The molecule has 5 heteroatoms. The minimum Gasteiger partial charge on any atom is -0.495 e. The zero-order valence-electron chi connectivity index (χ0n) is 11.6. The summed E-state index contributed by atoms with van der Waals surface area (Å²) in [6.07, 6.45) is 0. The SMILES string of the molecule is COc1cc(Sc2ccccc2C)c(OC)cc1[N+]#N. The highest BCUT2D eigenvalue weighted by molar-refractivity contribution is 7.99. The molecule has 0 N–H and O–H groups in total. The van der Waals surface area contributed by atoms with Crippen LogP contribution in [0.15, 0.2) is 46.2 Å². The van der Waals surface area contributed by atoms with Crippen molar-refractivity contribution >= 4 is 17.4 Å². The monoisotopic (exact) mass is 287 g/mol. The highest BCUT2D eigenvalue weighted by Crippen LogP contribution is 2.43. The molecule has 0 amide bonds. The second-order valence-corrected chi connectivity index (χ2v) is 5.23. The number of aryl methyl sites for hydroxylation is 1. The summed E-state index contributed by atoms with van der Waals surface area (Å²) >= 11 is 1.59. The first-order chi connectivity index (χ1) is 9.69. The van der Waals surface area contributed by atoms with Crippen LogP contribution in [0.2, 0.25) is 0 Å². The number of hydrogen-bond donors (Lipinski definition) is 0. The van der Waals surface area contributed by atoms with Crippen LogP contribution < -0.4 is 9.47 Å². The predicted octanol–water partition coefficient (Wildman–Crippen LogP) is 4.65. The van der Waals surface area contributed by atoms with Gasteiger partial charge in [0.25, 0.3) is 0 Å². The Morgan fingerprint density at radius 2 is 1.70 bits per heavy atom. The van der Waals surface area contributed by atoms with Gasteiger partial charge in [-0.1, -0.05) is 30.0 Å². The molecule has 0 heterocycles. The topological polar surface area (TPSA) is 46.6 Å². The molecular formula is C15H15N2O2S+. The molecule has 0 aliphatic carbocycles. The maximum Gasteiger partial charge on any atom is 0.430 e. The summed E-state index contributed by atoms with van der Waals surface area (Å²) in [5.41, 5.74) is 1.54. The lowest BCUT2D eigenvalue weighted by molar-refractivity contribution is 0.396. The molecule has 2 rings (SSSR count). The molecule has 102 valence electrons. The quantitative estimate of drug-likeness (QED) is 0.768. The molecule has 0 aliphatic heterocycles. The molecule has 0 saturated heterocycles. The number of nitrogens with zero attached hydrogens (tertiary/aromatic N) is 2. The molecule has 0 aromatic heterocycles. The Kier molecular flexibility index (Phi) is 4.49. The van der Waals surface area contributed by atoms with Gasteiger partial charge in [0.05, 0.1) is 25.2 Å². The van der Waals surface area contributed by atoms with Crippen LogP contribution in [0, 0.1) is 12.3 Å². The Morgan fingerprint density at radius 3 is 2.30 bits per heavy atom. The molecule has 2 aromatic rings. The first-order valence-electron chi connectivity index (χ1n) is 6.04. The summed E-state index contributed by atoms with van der Waals surface area (Å²) < 4.78 is 10.6. The van der Waals surface area contributed by atoms with Crippen molar-refractivity contribution in [3.05, 3.63) is 46.9 Å². The Bertz CT molecular complexity index is 665. The summed E-state index contributed by atoms with van der Waals surface area (Å²) in [6.45, 7) is 2.06. The fourth-order valence-corrected chi connectivity index (χ4v) is 2.82. The van der Waals surface area contributed by atoms with Crippen LogP contribution in [-0.4, -0.2) is 14.2 Å².